The molecule has 36 heavy (non-hydrogen) atoms. The number of halogens is 5. The number of carbonyl (C=O) groups excluding carboxylic acids is 1. The first-order valence-corrected chi connectivity index (χ1v) is 12.4. The van der Waals surface area contributed by atoms with E-state index in [-0.39, 0.29) is 12.1 Å². The molecule has 2 amide bonds. The van der Waals surface area contributed by atoms with Crippen LogP contribution in [0.3, 0.4) is 0 Å². The summed E-state index contributed by atoms with van der Waals surface area (Å²) < 4.78 is 38.4. The van der Waals surface area contributed by atoms with Gasteiger partial charge in [0.25, 0.3) is 0 Å². The number of urea groups is 1. The van der Waals surface area contributed by atoms with Gasteiger partial charge >= 0.3 is 12.2 Å². The number of hydrogen-bond donors (Lipinski definition) is 2. The molecule has 0 bridgehead atoms. The molecule has 0 heterocycles. The number of nitrogens with one attached hydrogen (secondary N) is 1. The van der Waals surface area contributed by atoms with Crippen LogP contribution in [0.25, 0.3) is 0 Å². The highest BCUT2D eigenvalue weighted by Gasteiger charge is 2.28. The highest BCUT2D eigenvalue weighted by molar-refractivity contribution is 6.32. The van der Waals surface area contributed by atoms with Crippen molar-refractivity contribution in [2.24, 2.45) is 0 Å². The van der Waals surface area contributed by atoms with Gasteiger partial charge in [0.05, 0.1) is 12.1 Å². The number of rotatable bonds is 8. The topological polar surface area (TPSA) is 58.4 Å². The van der Waals surface area contributed by atoms with Crippen molar-refractivity contribution < 1.29 is 18.0 Å². The number of nitrogens with zero attached hydrogens (tertiary/aromatic N) is 1. The van der Waals surface area contributed by atoms with Gasteiger partial charge < -0.3 is 11.1 Å². The second-order valence-electron chi connectivity index (χ2n) is 8.40. The monoisotopic (exact) mass is 537 g/mol. The van der Waals surface area contributed by atoms with Gasteiger partial charge in [0, 0.05) is 28.0 Å². The minimum absolute atomic E-state index is 0.119. The third kappa shape index (κ3) is 7.08. The lowest BCUT2D eigenvalue weighted by atomic mass is 10.0. The van der Waals surface area contributed by atoms with Crippen LogP contribution < -0.4 is 16.0 Å². The van der Waals surface area contributed by atoms with E-state index in [1.807, 2.05) is 26.0 Å². The Morgan fingerprint density at radius 2 is 1.53 bits per heavy atom. The average molecular weight is 538 g/mol. The van der Waals surface area contributed by atoms with Gasteiger partial charge in [0.2, 0.25) is 0 Å². The van der Waals surface area contributed by atoms with Crippen LogP contribution in [-0.4, -0.2) is 18.8 Å². The van der Waals surface area contributed by atoms with E-state index in [2.05, 4.69) is 5.32 Å². The summed E-state index contributed by atoms with van der Waals surface area (Å²) in [5.74, 6) is 0. The van der Waals surface area contributed by atoms with Gasteiger partial charge in [-0.15, -0.1) is 0 Å². The lowest BCUT2D eigenvalue weighted by Crippen LogP contribution is -2.37. The summed E-state index contributed by atoms with van der Waals surface area (Å²) in [4.78, 5) is 15.1. The summed E-state index contributed by atoms with van der Waals surface area (Å²) in [5, 5.41) is 4.05. The molecule has 0 saturated carbocycles. The number of alkyl halides is 3. The molecule has 0 radical (unpaired) electrons. The average Bonchev–Trinajstić information content (AvgIpc) is 2.80. The summed E-state index contributed by atoms with van der Waals surface area (Å²) in [6.45, 7) is 4.15. The van der Waals surface area contributed by atoms with E-state index in [0.717, 1.165) is 16.7 Å². The van der Waals surface area contributed by atoms with Crippen molar-refractivity contribution in [2.45, 2.75) is 45.7 Å². The van der Waals surface area contributed by atoms with Crippen LogP contribution in [0.1, 0.15) is 36.1 Å². The molecular weight excluding hydrogens is 510 g/mol. The highest BCUT2D eigenvalue weighted by atomic mass is 35.5. The molecule has 0 aliphatic heterocycles. The molecule has 0 aliphatic rings. The number of amides is 2. The Bertz CT molecular complexity index is 1170. The zero-order valence-corrected chi connectivity index (χ0v) is 21.6. The van der Waals surface area contributed by atoms with Gasteiger partial charge in [-0.3, -0.25) is 4.90 Å². The van der Waals surface area contributed by atoms with Crippen LogP contribution >= 0.6 is 23.2 Å². The first-order chi connectivity index (χ1) is 17.0. The molecule has 3 rings (SSSR count). The zero-order chi connectivity index (χ0) is 26.5. The smallest absolute Gasteiger partial charge is 0.393 e. The summed E-state index contributed by atoms with van der Waals surface area (Å²) in [6, 6.07) is 14.3. The standard InChI is InChI=1S/C27H28Cl2F3N3O/c1-3-21-23(29)15-24(33)22(4-2)25(21)34-26(36)35(14-13-17-5-9-19(28)10-6-17)20-11-7-18(8-12-20)16-27(30,31)32/h5-12,15H,3-4,13-14,16,33H2,1-2H3,(H,34,36). The van der Waals surface area contributed by atoms with Crippen molar-refractivity contribution in [3.63, 3.8) is 0 Å². The second-order valence-corrected chi connectivity index (χ2v) is 9.25. The molecular formula is C27H28Cl2F3N3O. The molecule has 9 heteroatoms. The number of carbonyl (C=O) groups is 1. The summed E-state index contributed by atoms with van der Waals surface area (Å²) >= 11 is 12.4. The van der Waals surface area contributed by atoms with Crippen LogP contribution in [0, 0.1) is 0 Å². The predicted octanol–water partition coefficient (Wildman–Crippen LogP) is 8.09. The molecule has 0 aromatic heterocycles. The third-order valence-electron chi connectivity index (χ3n) is 5.90. The minimum Gasteiger partial charge on any atom is -0.398 e. The van der Waals surface area contributed by atoms with Gasteiger partial charge in [-0.25, -0.2) is 4.79 Å². The maximum atomic E-state index is 13.6. The summed E-state index contributed by atoms with van der Waals surface area (Å²) in [6.07, 6.45) is -3.67. The summed E-state index contributed by atoms with van der Waals surface area (Å²) in [5.41, 5.74) is 10.3. The van der Waals surface area contributed by atoms with Crippen LogP contribution in [0.15, 0.2) is 54.6 Å². The molecule has 192 valence electrons. The van der Waals surface area contributed by atoms with E-state index in [4.69, 9.17) is 28.9 Å². The van der Waals surface area contributed by atoms with E-state index < -0.39 is 18.6 Å². The Hall–Kier alpha value is -2.90. The SMILES string of the molecule is CCc1c(N)cc(Cl)c(CC)c1NC(=O)N(CCc1ccc(Cl)cc1)c1ccc(CC(F)(F)F)cc1. The van der Waals surface area contributed by atoms with E-state index in [0.29, 0.717) is 46.4 Å². The fourth-order valence-corrected chi connectivity index (χ4v) is 4.55. The number of nitrogen functional groups attached to an aromatic ring is 1. The number of nitrogens with two attached hydrogens (primary N) is 1. The Morgan fingerprint density at radius 3 is 2.08 bits per heavy atom. The van der Waals surface area contributed by atoms with Crippen molar-refractivity contribution in [1.29, 1.82) is 0 Å². The molecule has 0 saturated heterocycles. The van der Waals surface area contributed by atoms with Crippen LogP contribution in [0.4, 0.5) is 35.0 Å². The zero-order valence-electron chi connectivity index (χ0n) is 20.1. The van der Waals surface area contributed by atoms with E-state index in [9.17, 15) is 18.0 Å². The first kappa shape index (κ1) is 27.7. The molecule has 3 N–H and O–H groups in total. The van der Waals surface area contributed by atoms with Crippen LogP contribution in [-0.2, 0) is 25.7 Å². The molecule has 0 aliphatic carbocycles. The van der Waals surface area contributed by atoms with E-state index >= 15 is 0 Å². The van der Waals surface area contributed by atoms with Crippen molar-refractivity contribution >= 4 is 46.3 Å². The van der Waals surface area contributed by atoms with Crippen molar-refractivity contribution in [3.8, 4) is 0 Å². The molecule has 0 unspecified atom stereocenters. The van der Waals surface area contributed by atoms with Gasteiger partial charge in [-0.1, -0.05) is 61.3 Å². The molecule has 0 fully saturated rings. The highest BCUT2D eigenvalue weighted by Crippen LogP contribution is 2.34. The Balaban J connectivity index is 1.94. The summed E-state index contributed by atoms with van der Waals surface area (Å²) in [7, 11) is 0. The predicted molar refractivity (Wildman–Crippen MR) is 142 cm³/mol. The lowest BCUT2D eigenvalue weighted by Gasteiger charge is -2.26. The number of anilines is 3. The van der Waals surface area contributed by atoms with Gasteiger partial charge in [-0.2, -0.15) is 13.2 Å². The molecule has 0 spiro atoms. The van der Waals surface area contributed by atoms with Gasteiger partial charge in [0.15, 0.2) is 0 Å². The normalized spacial score (nSPS) is 11.4. The van der Waals surface area contributed by atoms with Crippen molar-refractivity contribution in [2.75, 3.05) is 22.5 Å². The van der Waals surface area contributed by atoms with Crippen LogP contribution in [0.2, 0.25) is 10.0 Å². The van der Waals surface area contributed by atoms with Gasteiger partial charge in [0.1, 0.15) is 0 Å². The fraction of sp³-hybridized carbons (Fsp3) is 0.296. The van der Waals surface area contributed by atoms with Crippen molar-refractivity contribution in [3.05, 3.63) is 86.9 Å². The number of benzene rings is 3. The molecule has 3 aromatic rings. The quantitative estimate of drug-likeness (QED) is 0.285. The molecule has 0 atom stereocenters. The van der Waals surface area contributed by atoms with Crippen molar-refractivity contribution in [1.82, 2.24) is 0 Å². The van der Waals surface area contributed by atoms with Gasteiger partial charge in [-0.05, 0) is 71.8 Å². The fourth-order valence-electron chi connectivity index (χ4n) is 4.07. The minimum atomic E-state index is -4.31. The number of hydrogen-bond acceptors (Lipinski definition) is 2. The Kier molecular flexibility index (Phi) is 9.14. The van der Waals surface area contributed by atoms with E-state index in [1.165, 1.54) is 29.2 Å². The Morgan fingerprint density at radius 1 is 0.944 bits per heavy atom. The maximum Gasteiger partial charge on any atom is 0.393 e. The first-order valence-electron chi connectivity index (χ1n) is 11.6. The third-order valence-corrected chi connectivity index (χ3v) is 6.49. The van der Waals surface area contributed by atoms with E-state index in [1.54, 1.807) is 18.2 Å². The largest absolute Gasteiger partial charge is 0.398 e. The maximum absolute atomic E-state index is 13.6. The molecule has 3 aromatic carbocycles. The lowest BCUT2D eigenvalue weighted by molar-refractivity contribution is -0.127. The Labute approximate surface area is 219 Å². The molecule has 4 nitrogen and oxygen atoms in total. The second kappa shape index (κ2) is 11.9. The van der Waals surface area contributed by atoms with Crippen LogP contribution in [0.5, 0.6) is 0 Å².